The number of methoxy groups -OCH3 is 1. The van der Waals surface area contributed by atoms with E-state index in [1.807, 2.05) is 37.3 Å². The summed E-state index contributed by atoms with van der Waals surface area (Å²) in [5, 5.41) is 12.9. The third-order valence-corrected chi connectivity index (χ3v) is 3.61. The van der Waals surface area contributed by atoms with Crippen molar-refractivity contribution in [2.75, 3.05) is 12.4 Å². The molecule has 1 aromatic heterocycles. The highest BCUT2D eigenvalue weighted by molar-refractivity contribution is 7.09. The van der Waals surface area contributed by atoms with Crippen LogP contribution < -0.4 is 5.32 Å². The van der Waals surface area contributed by atoms with E-state index in [-0.39, 0.29) is 12.1 Å². The fourth-order valence-corrected chi connectivity index (χ4v) is 2.44. The standard InChI is InChI=1S/C14H16N4OS/c1-10(19-2)13-17-14(20-18-13)16-12(8-9-15)11-6-4-3-5-7-11/h3-7,10,12H,8H2,1-2H3,(H,16,17,18)/t10-,12+/m1/s1. The molecule has 104 valence electrons. The molecule has 1 N–H and O–H groups in total. The van der Waals surface area contributed by atoms with Gasteiger partial charge in [-0.25, -0.2) is 4.98 Å². The first-order valence-electron chi connectivity index (χ1n) is 6.29. The Hall–Kier alpha value is -1.97. The molecule has 0 spiro atoms. The molecule has 0 amide bonds. The Morgan fingerprint density at radius 2 is 2.15 bits per heavy atom. The maximum absolute atomic E-state index is 8.96. The van der Waals surface area contributed by atoms with Crippen LogP contribution in [-0.4, -0.2) is 16.5 Å². The minimum absolute atomic E-state index is 0.0835. The fourth-order valence-electron chi connectivity index (χ4n) is 1.74. The lowest BCUT2D eigenvalue weighted by molar-refractivity contribution is 0.113. The lowest BCUT2D eigenvalue weighted by Crippen LogP contribution is -2.10. The molecule has 1 heterocycles. The molecular weight excluding hydrogens is 272 g/mol. The average molecular weight is 288 g/mol. The third-order valence-electron chi connectivity index (χ3n) is 2.95. The monoisotopic (exact) mass is 288 g/mol. The highest BCUT2D eigenvalue weighted by Crippen LogP contribution is 2.25. The summed E-state index contributed by atoms with van der Waals surface area (Å²) < 4.78 is 9.44. The lowest BCUT2D eigenvalue weighted by atomic mass is 10.1. The van der Waals surface area contributed by atoms with E-state index < -0.39 is 0 Å². The molecule has 2 rings (SSSR count). The predicted molar refractivity (Wildman–Crippen MR) is 78.4 cm³/mol. The predicted octanol–water partition coefficient (Wildman–Crippen LogP) is 3.31. The van der Waals surface area contributed by atoms with Gasteiger partial charge in [-0.2, -0.15) is 9.64 Å². The van der Waals surface area contributed by atoms with Gasteiger partial charge in [0.15, 0.2) is 5.82 Å². The van der Waals surface area contributed by atoms with Crippen molar-refractivity contribution < 1.29 is 4.74 Å². The van der Waals surface area contributed by atoms with E-state index in [4.69, 9.17) is 10.00 Å². The SMILES string of the molecule is CO[C@H](C)c1nsc(N[C@@H](CC#N)c2ccccc2)n1. The summed E-state index contributed by atoms with van der Waals surface area (Å²) in [6.45, 7) is 1.90. The van der Waals surface area contributed by atoms with Crippen LogP contribution >= 0.6 is 11.5 Å². The van der Waals surface area contributed by atoms with Crippen LogP contribution in [0.25, 0.3) is 0 Å². The summed E-state index contributed by atoms with van der Waals surface area (Å²) in [7, 11) is 1.63. The summed E-state index contributed by atoms with van der Waals surface area (Å²) in [6.07, 6.45) is 0.242. The lowest BCUT2D eigenvalue weighted by Gasteiger charge is -2.14. The van der Waals surface area contributed by atoms with Gasteiger partial charge in [0.25, 0.3) is 0 Å². The first-order valence-corrected chi connectivity index (χ1v) is 7.06. The van der Waals surface area contributed by atoms with Gasteiger partial charge in [0, 0.05) is 18.6 Å². The maximum Gasteiger partial charge on any atom is 0.203 e. The molecule has 0 fully saturated rings. The highest BCUT2D eigenvalue weighted by Gasteiger charge is 2.15. The molecule has 1 aromatic carbocycles. The smallest absolute Gasteiger partial charge is 0.203 e. The van der Waals surface area contributed by atoms with Crippen molar-refractivity contribution in [3.05, 3.63) is 41.7 Å². The number of nitrogens with zero attached hydrogens (tertiary/aromatic N) is 3. The number of aromatic nitrogens is 2. The summed E-state index contributed by atoms with van der Waals surface area (Å²) >= 11 is 1.28. The first-order chi connectivity index (χ1) is 9.74. The minimum atomic E-state index is -0.132. The summed E-state index contributed by atoms with van der Waals surface area (Å²) in [5.41, 5.74) is 1.06. The number of anilines is 1. The van der Waals surface area contributed by atoms with Gasteiger partial charge in [-0.15, -0.1) is 0 Å². The van der Waals surface area contributed by atoms with E-state index >= 15 is 0 Å². The fraction of sp³-hybridized carbons (Fsp3) is 0.357. The number of nitriles is 1. The van der Waals surface area contributed by atoms with Gasteiger partial charge in [-0.05, 0) is 12.5 Å². The van der Waals surface area contributed by atoms with Crippen molar-refractivity contribution in [2.24, 2.45) is 0 Å². The molecule has 0 unspecified atom stereocenters. The Morgan fingerprint density at radius 3 is 2.80 bits per heavy atom. The molecule has 0 aliphatic heterocycles. The number of hydrogen-bond acceptors (Lipinski definition) is 6. The third kappa shape index (κ3) is 3.53. The van der Waals surface area contributed by atoms with Crippen LogP contribution in [0.3, 0.4) is 0 Å². The summed E-state index contributed by atoms with van der Waals surface area (Å²) in [5.74, 6) is 0.656. The number of hydrogen-bond donors (Lipinski definition) is 1. The molecule has 2 aromatic rings. The molecule has 0 radical (unpaired) electrons. The van der Waals surface area contributed by atoms with Crippen molar-refractivity contribution in [1.29, 1.82) is 5.26 Å². The zero-order valence-electron chi connectivity index (χ0n) is 11.4. The van der Waals surface area contributed by atoms with Crippen LogP contribution in [0.15, 0.2) is 30.3 Å². The van der Waals surface area contributed by atoms with E-state index in [9.17, 15) is 0 Å². The molecule has 0 saturated heterocycles. The number of rotatable bonds is 6. The van der Waals surface area contributed by atoms with Gasteiger partial charge in [0.2, 0.25) is 5.13 Å². The normalized spacial score (nSPS) is 13.4. The number of nitrogens with one attached hydrogen (secondary N) is 1. The van der Waals surface area contributed by atoms with Gasteiger partial charge in [0.05, 0.1) is 18.5 Å². The average Bonchev–Trinajstić information content (AvgIpc) is 2.95. The second kappa shape index (κ2) is 6.98. The second-order valence-corrected chi connectivity index (χ2v) is 5.06. The molecular formula is C14H16N4OS. The molecule has 2 atom stereocenters. The van der Waals surface area contributed by atoms with Crippen LogP contribution in [-0.2, 0) is 4.74 Å². The van der Waals surface area contributed by atoms with E-state index in [0.29, 0.717) is 17.4 Å². The van der Waals surface area contributed by atoms with E-state index in [1.54, 1.807) is 7.11 Å². The van der Waals surface area contributed by atoms with Crippen molar-refractivity contribution in [2.45, 2.75) is 25.5 Å². The van der Waals surface area contributed by atoms with Crippen LogP contribution in [0.1, 0.15) is 36.9 Å². The van der Waals surface area contributed by atoms with Crippen LogP contribution in [0.5, 0.6) is 0 Å². The van der Waals surface area contributed by atoms with Gasteiger partial charge in [-0.3, -0.25) is 0 Å². The number of ether oxygens (including phenoxy) is 1. The van der Waals surface area contributed by atoms with Gasteiger partial charge < -0.3 is 10.1 Å². The molecule has 0 saturated carbocycles. The highest BCUT2D eigenvalue weighted by atomic mass is 32.1. The molecule has 6 heteroatoms. The zero-order chi connectivity index (χ0) is 14.4. The van der Waals surface area contributed by atoms with E-state index in [2.05, 4.69) is 20.7 Å². The summed E-state index contributed by atoms with van der Waals surface area (Å²) in [4.78, 5) is 4.39. The van der Waals surface area contributed by atoms with Crippen molar-refractivity contribution in [3.8, 4) is 6.07 Å². The molecule has 20 heavy (non-hydrogen) atoms. The van der Waals surface area contributed by atoms with E-state index in [1.165, 1.54) is 11.5 Å². The quantitative estimate of drug-likeness (QED) is 0.883. The Balaban J connectivity index is 2.13. The molecule has 5 nitrogen and oxygen atoms in total. The maximum atomic E-state index is 8.96. The van der Waals surface area contributed by atoms with Crippen LogP contribution in [0.2, 0.25) is 0 Å². The second-order valence-electron chi connectivity index (χ2n) is 4.31. The number of benzene rings is 1. The summed E-state index contributed by atoms with van der Waals surface area (Å²) in [6, 6.07) is 12.0. The van der Waals surface area contributed by atoms with E-state index in [0.717, 1.165) is 5.56 Å². The minimum Gasteiger partial charge on any atom is -0.374 e. The van der Waals surface area contributed by atoms with Gasteiger partial charge in [-0.1, -0.05) is 30.3 Å². The van der Waals surface area contributed by atoms with Gasteiger partial charge in [0.1, 0.15) is 6.10 Å². The molecule has 0 bridgehead atoms. The van der Waals surface area contributed by atoms with Crippen molar-refractivity contribution in [1.82, 2.24) is 9.36 Å². The van der Waals surface area contributed by atoms with Crippen LogP contribution in [0.4, 0.5) is 5.13 Å². The Bertz CT molecular complexity index is 578. The molecule has 0 aliphatic rings. The Morgan fingerprint density at radius 1 is 1.40 bits per heavy atom. The Labute approximate surface area is 122 Å². The topological polar surface area (TPSA) is 70.8 Å². The molecule has 0 aliphatic carbocycles. The van der Waals surface area contributed by atoms with Gasteiger partial charge >= 0.3 is 0 Å². The van der Waals surface area contributed by atoms with Crippen LogP contribution in [0, 0.1) is 11.3 Å². The largest absolute Gasteiger partial charge is 0.374 e. The van der Waals surface area contributed by atoms with Crippen molar-refractivity contribution >= 4 is 16.7 Å². The Kier molecular flexibility index (Phi) is 5.04. The van der Waals surface area contributed by atoms with Crippen molar-refractivity contribution in [3.63, 3.8) is 0 Å². The zero-order valence-corrected chi connectivity index (χ0v) is 12.2. The first kappa shape index (κ1) is 14.4.